The summed E-state index contributed by atoms with van der Waals surface area (Å²) in [6.07, 6.45) is 3.70. The zero-order valence-corrected chi connectivity index (χ0v) is 19.8. The largest absolute Gasteiger partial charge is 0.435 e. The average molecular weight is 504 g/mol. The monoisotopic (exact) mass is 503 g/mol. The van der Waals surface area contributed by atoms with Gasteiger partial charge in [-0.1, -0.05) is 31.0 Å². The standard InChI is InChI=1S/C28H24F3N5O/c29-28(30,31)26-15-25(34-35-26)27(37)36(22-5-1-3-19(13-22)16-32)23-6-2-4-20(14-23)24(10-9-18-7-8-18)21-11-12-33-17-21/h1-6,11-15,17-18,24,33H,7-10H2,(H,34,35). The van der Waals surface area contributed by atoms with Crippen LogP contribution in [-0.4, -0.2) is 21.1 Å². The molecule has 1 fully saturated rings. The lowest BCUT2D eigenvalue weighted by Gasteiger charge is -2.25. The van der Waals surface area contributed by atoms with E-state index in [1.165, 1.54) is 23.8 Å². The summed E-state index contributed by atoms with van der Waals surface area (Å²) in [5.41, 5.74) is 1.80. The summed E-state index contributed by atoms with van der Waals surface area (Å²) < 4.78 is 39.5. The van der Waals surface area contributed by atoms with E-state index in [1.807, 2.05) is 42.7 Å². The molecule has 0 saturated heterocycles. The average Bonchev–Trinajstić information content (AvgIpc) is 3.32. The van der Waals surface area contributed by atoms with Gasteiger partial charge in [-0.3, -0.25) is 14.8 Å². The van der Waals surface area contributed by atoms with Gasteiger partial charge in [0.2, 0.25) is 0 Å². The zero-order chi connectivity index (χ0) is 26.0. The van der Waals surface area contributed by atoms with Crippen molar-refractivity contribution in [2.45, 2.75) is 37.8 Å². The van der Waals surface area contributed by atoms with Gasteiger partial charge in [0.1, 0.15) is 5.69 Å². The van der Waals surface area contributed by atoms with Gasteiger partial charge in [0, 0.05) is 30.1 Å². The molecule has 6 nitrogen and oxygen atoms in total. The number of aromatic nitrogens is 3. The van der Waals surface area contributed by atoms with E-state index < -0.39 is 17.8 Å². The van der Waals surface area contributed by atoms with Crippen LogP contribution in [0.25, 0.3) is 0 Å². The normalized spacial score (nSPS) is 14.2. The van der Waals surface area contributed by atoms with E-state index in [0.29, 0.717) is 23.0 Å². The minimum Gasteiger partial charge on any atom is -0.367 e. The Balaban J connectivity index is 1.56. The summed E-state index contributed by atoms with van der Waals surface area (Å²) in [6.45, 7) is 0. The molecule has 0 spiro atoms. The molecule has 2 aromatic heterocycles. The van der Waals surface area contributed by atoms with E-state index in [9.17, 15) is 23.2 Å². The predicted molar refractivity (Wildman–Crippen MR) is 132 cm³/mol. The SMILES string of the molecule is N#Cc1cccc(N(C(=O)c2cc(C(F)(F)F)n[nH]2)c2cccc(C(CCC3CC3)c3cc[nH]c3)c2)c1. The fourth-order valence-corrected chi connectivity index (χ4v) is 4.56. The Morgan fingerprint density at radius 2 is 1.84 bits per heavy atom. The molecule has 1 aliphatic rings. The fourth-order valence-electron chi connectivity index (χ4n) is 4.56. The number of H-pyrrole nitrogens is 2. The van der Waals surface area contributed by atoms with Gasteiger partial charge in [0.25, 0.3) is 5.91 Å². The van der Waals surface area contributed by atoms with Gasteiger partial charge in [-0.15, -0.1) is 0 Å². The maximum Gasteiger partial charge on any atom is 0.435 e. The Morgan fingerprint density at radius 1 is 1.08 bits per heavy atom. The van der Waals surface area contributed by atoms with Crippen LogP contribution in [0, 0.1) is 17.2 Å². The lowest BCUT2D eigenvalue weighted by Crippen LogP contribution is -2.26. The highest BCUT2D eigenvalue weighted by Gasteiger charge is 2.35. The quantitative estimate of drug-likeness (QED) is 0.273. The van der Waals surface area contributed by atoms with Crippen molar-refractivity contribution in [3.63, 3.8) is 0 Å². The van der Waals surface area contributed by atoms with Gasteiger partial charge in [-0.25, -0.2) is 0 Å². The topological polar surface area (TPSA) is 88.6 Å². The minimum atomic E-state index is -4.69. The van der Waals surface area contributed by atoms with Gasteiger partial charge in [-0.2, -0.15) is 23.5 Å². The number of nitrogens with zero attached hydrogens (tertiary/aromatic N) is 3. The molecule has 1 unspecified atom stereocenters. The second kappa shape index (κ2) is 9.97. The summed E-state index contributed by atoms with van der Waals surface area (Å²) in [7, 11) is 0. The van der Waals surface area contributed by atoms with Crippen LogP contribution in [0.2, 0.25) is 0 Å². The van der Waals surface area contributed by atoms with Crippen molar-refractivity contribution in [2.75, 3.05) is 4.90 Å². The molecule has 0 bridgehead atoms. The molecule has 2 N–H and O–H groups in total. The first-order chi connectivity index (χ1) is 17.8. The van der Waals surface area contributed by atoms with Crippen molar-refractivity contribution in [3.8, 4) is 6.07 Å². The van der Waals surface area contributed by atoms with Gasteiger partial charge in [0.05, 0.1) is 17.3 Å². The van der Waals surface area contributed by atoms with E-state index >= 15 is 0 Å². The van der Waals surface area contributed by atoms with Gasteiger partial charge < -0.3 is 4.98 Å². The van der Waals surface area contributed by atoms with Crippen LogP contribution in [0.3, 0.4) is 0 Å². The van der Waals surface area contributed by atoms with Crippen LogP contribution in [-0.2, 0) is 6.18 Å². The van der Waals surface area contributed by atoms with Gasteiger partial charge in [-0.05, 0) is 66.3 Å². The van der Waals surface area contributed by atoms with E-state index in [2.05, 4.69) is 15.2 Å². The Labute approximate surface area is 211 Å². The number of rotatable bonds is 8. The lowest BCUT2D eigenvalue weighted by atomic mass is 9.88. The van der Waals surface area contributed by atoms with Gasteiger partial charge >= 0.3 is 6.18 Å². The highest BCUT2D eigenvalue weighted by atomic mass is 19.4. The number of hydrogen-bond donors (Lipinski definition) is 2. The molecule has 0 radical (unpaired) electrons. The van der Waals surface area contributed by atoms with Crippen molar-refractivity contribution in [2.24, 2.45) is 5.92 Å². The second-order valence-corrected chi connectivity index (χ2v) is 9.28. The first-order valence-corrected chi connectivity index (χ1v) is 12.0. The number of benzene rings is 2. The molecule has 1 aliphatic carbocycles. The third-order valence-corrected chi connectivity index (χ3v) is 6.65. The fraction of sp³-hybridized carbons (Fsp3) is 0.250. The van der Waals surface area contributed by atoms with Crippen LogP contribution in [0.4, 0.5) is 24.5 Å². The van der Waals surface area contributed by atoms with Crippen LogP contribution < -0.4 is 4.90 Å². The molecule has 5 rings (SSSR count). The molecular weight excluding hydrogens is 479 g/mol. The molecule has 1 amide bonds. The number of carbonyl (C=O) groups excluding carboxylic acids is 1. The van der Waals surface area contributed by atoms with Crippen LogP contribution in [0.15, 0.2) is 73.1 Å². The van der Waals surface area contributed by atoms with E-state index in [0.717, 1.165) is 29.9 Å². The molecule has 1 atom stereocenters. The summed E-state index contributed by atoms with van der Waals surface area (Å²) in [6, 6.07) is 18.6. The van der Waals surface area contributed by atoms with Crippen molar-refractivity contribution >= 4 is 17.3 Å². The molecule has 1 saturated carbocycles. The number of hydrogen-bond acceptors (Lipinski definition) is 3. The Kier molecular flexibility index (Phi) is 6.57. The highest BCUT2D eigenvalue weighted by molar-refractivity contribution is 6.10. The van der Waals surface area contributed by atoms with Gasteiger partial charge in [0.15, 0.2) is 5.69 Å². The molecule has 2 heterocycles. The lowest BCUT2D eigenvalue weighted by molar-refractivity contribution is -0.141. The van der Waals surface area contributed by atoms with Crippen LogP contribution in [0.5, 0.6) is 0 Å². The van der Waals surface area contributed by atoms with Crippen LogP contribution >= 0.6 is 0 Å². The molecular formula is C28H24F3N5O. The molecule has 188 valence electrons. The second-order valence-electron chi connectivity index (χ2n) is 9.28. The number of alkyl halides is 3. The number of aromatic amines is 2. The Bertz CT molecular complexity index is 1430. The summed E-state index contributed by atoms with van der Waals surface area (Å²) in [4.78, 5) is 18.0. The maximum absolute atomic E-state index is 13.6. The van der Waals surface area contributed by atoms with E-state index in [1.54, 1.807) is 24.3 Å². The number of anilines is 2. The summed E-state index contributed by atoms with van der Waals surface area (Å²) in [5.74, 6) is 0.129. The number of nitriles is 1. The predicted octanol–water partition coefficient (Wildman–Crippen LogP) is 6.93. The van der Waals surface area contributed by atoms with E-state index in [-0.39, 0.29) is 11.6 Å². The van der Waals surface area contributed by atoms with Crippen molar-refractivity contribution in [1.82, 2.24) is 15.2 Å². The maximum atomic E-state index is 13.6. The van der Waals surface area contributed by atoms with Crippen LogP contribution in [0.1, 0.15) is 64.5 Å². The number of halogens is 3. The molecule has 4 aromatic rings. The molecule has 9 heteroatoms. The molecule has 0 aliphatic heterocycles. The Morgan fingerprint density at radius 3 is 2.49 bits per heavy atom. The summed E-state index contributed by atoms with van der Waals surface area (Å²) in [5, 5.41) is 14.9. The number of carbonyl (C=O) groups is 1. The van der Waals surface area contributed by atoms with Crippen molar-refractivity contribution < 1.29 is 18.0 Å². The minimum absolute atomic E-state index is 0.0955. The van der Waals surface area contributed by atoms with Crippen molar-refractivity contribution in [1.29, 1.82) is 5.26 Å². The third kappa shape index (κ3) is 5.43. The third-order valence-electron chi connectivity index (χ3n) is 6.65. The first-order valence-electron chi connectivity index (χ1n) is 12.0. The first kappa shape index (κ1) is 24.4. The molecule has 37 heavy (non-hydrogen) atoms. The van der Waals surface area contributed by atoms with Crippen molar-refractivity contribution in [3.05, 3.63) is 101 Å². The Hall–Kier alpha value is -4.32. The van der Waals surface area contributed by atoms with E-state index in [4.69, 9.17) is 0 Å². The smallest absolute Gasteiger partial charge is 0.367 e. The molecule has 2 aromatic carbocycles. The number of amides is 1. The zero-order valence-electron chi connectivity index (χ0n) is 19.8. The summed E-state index contributed by atoms with van der Waals surface area (Å²) >= 11 is 0. The highest BCUT2D eigenvalue weighted by Crippen LogP contribution is 2.40. The number of nitrogens with one attached hydrogen (secondary N) is 2.